The Balaban J connectivity index is 2.22. The van der Waals surface area contributed by atoms with Crippen LogP contribution in [0, 0.1) is 0 Å². The maximum absolute atomic E-state index is 11.3. The van der Waals surface area contributed by atoms with E-state index in [-0.39, 0.29) is 6.42 Å². The van der Waals surface area contributed by atoms with Crippen LogP contribution in [0.2, 0.25) is 0 Å². The summed E-state index contributed by atoms with van der Waals surface area (Å²) >= 11 is 0. The molecule has 0 bridgehead atoms. The number of ether oxygens (including phenoxy) is 3. The van der Waals surface area contributed by atoms with Gasteiger partial charge in [0.05, 0.1) is 12.7 Å². The number of aliphatic carboxylic acids is 1. The topological polar surface area (TPSA) is 195 Å². The molecule has 26 heavy (non-hydrogen) atoms. The molecule has 12 heteroatoms. The third-order valence-electron chi connectivity index (χ3n) is 4.24. The van der Waals surface area contributed by atoms with E-state index in [2.05, 4.69) is 5.32 Å². The number of carboxylic acids is 1. The minimum Gasteiger partial charge on any atom is -0.479 e. The maximum atomic E-state index is 11.3. The van der Waals surface area contributed by atoms with Crippen LogP contribution in [-0.2, 0) is 23.8 Å². The summed E-state index contributed by atoms with van der Waals surface area (Å²) in [6.45, 7) is 0.462. The molecule has 0 aromatic rings. The zero-order chi connectivity index (χ0) is 19.6. The molecule has 0 saturated carbocycles. The fraction of sp³-hybridized carbons (Fsp3) is 0.857. The molecule has 0 aliphatic carbocycles. The summed E-state index contributed by atoms with van der Waals surface area (Å²) in [4.78, 5) is 22.4. The Morgan fingerprint density at radius 2 is 1.81 bits per heavy atom. The summed E-state index contributed by atoms with van der Waals surface area (Å²) in [7, 11) is 0. The zero-order valence-corrected chi connectivity index (χ0v) is 13.8. The average molecular weight is 381 g/mol. The third kappa shape index (κ3) is 4.47. The lowest BCUT2D eigenvalue weighted by Gasteiger charge is -2.45. The van der Waals surface area contributed by atoms with E-state index in [1.54, 1.807) is 0 Å². The number of carboxylic acid groups (broad SMARTS) is 1. The van der Waals surface area contributed by atoms with E-state index in [9.17, 15) is 35.1 Å². The third-order valence-corrected chi connectivity index (χ3v) is 4.24. The monoisotopic (exact) mass is 381 g/mol. The molecule has 9 unspecified atom stereocenters. The molecule has 150 valence electrons. The molecule has 7 N–H and O–H groups in total. The van der Waals surface area contributed by atoms with Gasteiger partial charge in [0.25, 0.3) is 0 Å². The summed E-state index contributed by atoms with van der Waals surface area (Å²) in [5.74, 6) is -1.97. The van der Waals surface area contributed by atoms with Crippen molar-refractivity contribution in [2.24, 2.45) is 0 Å². The second-order valence-corrected chi connectivity index (χ2v) is 6.19. The molecule has 0 aromatic heterocycles. The minimum absolute atomic E-state index is 0.371. The summed E-state index contributed by atoms with van der Waals surface area (Å²) in [6.07, 6.45) is -12.5. The Labute approximate surface area is 147 Å². The Morgan fingerprint density at radius 3 is 2.35 bits per heavy atom. The normalized spacial score (nSPS) is 43.7. The van der Waals surface area contributed by atoms with Gasteiger partial charge in [-0.1, -0.05) is 0 Å². The number of aliphatic hydroxyl groups is 5. The molecule has 2 aliphatic rings. The van der Waals surface area contributed by atoms with Crippen molar-refractivity contribution in [1.82, 2.24) is 5.32 Å². The van der Waals surface area contributed by atoms with Crippen LogP contribution in [0.15, 0.2) is 0 Å². The summed E-state index contributed by atoms with van der Waals surface area (Å²) in [6, 6.07) is -1.30. The van der Waals surface area contributed by atoms with Crippen molar-refractivity contribution < 1.29 is 54.4 Å². The minimum atomic E-state index is -1.67. The predicted molar refractivity (Wildman–Crippen MR) is 79.4 cm³/mol. The second kappa shape index (κ2) is 8.54. The molecule has 2 aliphatic heterocycles. The summed E-state index contributed by atoms with van der Waals surface area (Å²) in [5, 5.41) is 60.7. The van der Waals surface area contributed by atoms with Gasteiger partial charge in [-0.25, -0.2) is 4.79 Å². The first-order valence-electron chi connectivity index (χ1n) is 7.95. The van der Waals surface area contributed by atoms with Crippen molar-refractivity contribution in [2.75, 3.05) is 6.61 Å². The molecule has 0 aromatic carbocycles. The average Bonchev–Trinajstić information content (AvgIpc) is 2.56. The number of hydrogen-bond donors (Lipinski definition) is 7. The van der Waals surface area contributed by atoms with E-state index in [4.69, 9.17) is 19.3 Å². The molecule has 0 spiro atoms. The van der Waals surface area contributed by atoms with E-state index in [1.165, 1.54) is 0 Å². The van der Waals surface area contributed by atoms with E-state index >= 15 is 0 Å². The lowest BCUT2D eigenvalue weighted by Crippen LogP contribution is -2.66. The molecule has 9 atom stereocenters. The molecule has 2 heterocycles. The molecule has 2 rings (SSSR count). The highest BCUT2D eigenvalue weighted by atomic mass is 16.7. The summed E-state index contributed by atoms with van der Waals surface area (Å²) < 4.78 is 15.5. The molecule has 2 saturated heterocycles. The predicted octanol–water partition coefficient (Wildman–Crippen LogP) is -4.13. The van der Waals surface area contributed by atoms with Crippen LogP contribution in [0.5, 0.6) is 0 Å². The van der Waals surface area contributed by atoms with Crippen LogP contribution in [0.3, 0.4) is 0 Å². The van der Waals surface area contributed by atoms with Crippen molar-refractivity contribution in [2.45, 2.75) is 68.6 Å². The first-order valence-corrected chi connectivity index (χ1v) is 7.95. The van der Waals surface area contributed by atoms with Crippen LogP contribution in [0.25, 0.3) is 0 Å². The Morgan fingerprint density at radius 1 is 1.15 bits per heavy atom. The maximum Gasteiger partial charge on any atom is 0.333 e. The van der Waals surface area contributed by atoms with Gasteiger partial charge in [0.2, 0.25) is 5.91 Å². The number of aliphatic hydroxyl groups excluding tert-OH is 5. The quantitative estimate of drug-likeness (QED) is 0.244. The van der Waals surface area contributed by atoms with Gasteiger partial charge in [0.15, 0.2) is 18.7 Å². The number of nitrogens with one attached hydrogen (secondary N) is 1. The fourth-order valence-electron chi connectivity index (χ4n) is 2.90. The van der Waals surface area contributed by atoms with Crippen LogP contribution in [0.4, 0.5) is 0 Å². The fourth-order valence-corrected chi connectivity index (χ4v) is 2.90. The SMILES string of the molecule is CC(=O)NC1C(O)OC(CO)C(O)C1OC1OC(C(=O)O)CC(O)C1O. The summed E-state index contributed by atoms with van der Waals surface area (Å²) in [5.41, 5.74) is 0. The van der Waals surface area contributed by atoms with Crippen molar-refractivity contribution in [3.8, 4) is 0 Å². The van der Waals surface area contributed by atoms with Gasteiger partial charge in [-0.2, -0.15) is 0 Å². The van der Waals surface area contributed by atoms with Gasteiger partial charge in [0.1, 0.15) is 30.5 Å². The van der Waals surface area contributed by atoms with Crippen molar-refractivity contribution >= 4 is 11.9 Å². The van der Waals surface area contributed by atoms with Gasteiger partial charge in [-0.3, -0.25) is 4.79 Å². The smallest absolute Gasteiger partial charge is 0.333 e. The first kappa shape index (κ1) is 20.9. The van der Waals surface area contributed by atoms with Gasteiger partial charge in [0, 0.05) is 13.3 Å². The van der Waals surface area contributed by atoms with Crippen LogP contribution >= 0.6 is 0 Å². The Kier molecular flexibility index (Phi) is 6.87. The van der Waals surface area contributed by atoms with Crippen molar-refractivity contribution in [3.05, 3.63) is 0 Å². The highest BCUT2D eigenvalue weighted by Crippen LogP contribution is 2.28. The van der Waals surface area contributed by atoms with Crippen molar-refractivity contribution in [3.63, 3.8) is 0 Å². The van der Waals surface area contributed by atoms with Crippen LogP contribution < -0.4 is 5.32 Å². The van der Waals surface area contributed by atoms with E-state index in [0.717, 1.165) is 6.92 Å². The number of rotatable bonds is 5. The van der Waals surface area contributed by atoms with Gasteiger partial charge in [-0.15, -0.1) is 0 Å². The highest BCUT2D eigenvalue weighted by Gasteiger charge is 2.49. The number of carbonyl (C=O) groups is 2. The number of hydrogen-bond acceptors (Lipinski definition) is 10. The molecular weight excluding hydrogens is 358 g/mol. The molecule has 2 fully saturated rings. The largest absolute Gasteiger partial charge is 0.479 e. The lowest BCUT2D eigenvalue weighted by molar-refractivity contribution is -0.324. The van der Waals surface area contributed by atoms with Crippen molar-refractivity contribution in [1.29, 1.82) is 0 Å². The molecular formula is C14H23NO11. The molecule has 0 radical (unpaired) electrons. The van der Waals surface area contributed by atoms with Gasteiger partial charge in [-0.05, 0) is 0 Å². The molecule has 1 amide bonds. The standard InChI is InChI=1S/C14H23NO11/c1-4(17)15-8-11(10(20)7(3-16)24-13(8)23)26-14-9(19)5(18)2-6(25-14)12(21)22/h5-11,13-14,16,18-20,23H,2-3H2,1H3,(H,15,17)(H,21,22). The lowest BCUT2D eigenvalue weighted by atomic mass is 9.96. The molecule has 12 nitrogen and oxygen atoms in total. The van der Waals surface area contributed by atoms with Gasteiger partial charge < -0.3 is 50.2 Å². The van der Waals surface area contributed by atoms with E-state index in [1.807, 2.05) is 0 Å². The first-order chi connectivity index (χ1) is 12.1. The van der Waals surface area contributed by atoms with Crippen LogP contribution in [-0.4, -0.2) is 104 Å². The zero-order valence-electron chi connectivity index (χ0n) is 13.8. The number of carbonyl (C=O) groups excluding carboxylic acids is 1. The van der Waals surface area contributed by atoms with Gasteiger partial charge >= 0.3 is 5.97 Å². The Bertz CT molecular complexity index is 517. The number of amides is 1. The Hall–Kier alpha value is -1.38. The van der Waals surface area contributed by atoms with E-state index in [0.29, 0.717) is 0 Å². The highest BCUT2D eigenvalue weighted by molar-refractivity contribution is 5.73. The van der Waals surface area contributed by atoms with E-state index < -0.39 is 73.7 Å². The van der Waals surface area contributed by atoms with Crippen LogP contribution in [0.1, 0.15) is 13.3 Å². The second-order valence-electron chi connectivity index (χ2n) is 6.19.